The van der Waals surface area contributed by atoms with E-state index in [2.05, 4.69) is 10.6 Å². The van der Waals surface area contributed by atoms with Gasteiger partial charge in [0.1, 0.15) is 11.5 Å². The second-order valence-electron chi connectivity index (χ2n) is 7.68. The molecule has 0 bridgehead atoms. The van der Waals surface area contributed by atoms with Crippen molar-refractivity contribution in [3.63, 3.8) is 0 Å². The van der Waals surface area contributed by atoms with E-state index in [1.54, 1.807) is 36.4 Å². The fourth-order valence-corrected chi connectivity index (χ4v) is 3.53. The molecular formula is C26H27ClN2O6. The molecule has 184 valence electrons. The number of benzene rings is 3. The highest BCUT2D eigenvalue weighted by molar-refractivity contribution is 6.32. The van der Waals surface area contributed by atoms with Crippen molar-refractivity contribution in [1.82, 2.24) is 0 Å². The van der Waals surface area contributed by atoms with E-state index in [-0.39, 0.29) is 22.6 Å². The molecule has 2 N–H and O–H groups in total. The monoisotopic (exact) mass is 498 g/mol. The van der Waals surface area contributed by atoms with Gasteiger partial charge in [-0.2, -0.15) is 0 Å². The van der Waals surface area contributed by atoms with Crippen molar-refractivity contribution in [2.24, 2.45) is 0 Å². The Morgan fingerprint density at radius 1 is 0.743 bits per heavy atom. The summed E-state index contributed by atoms with van der Waals surface area (Å²) >= 11 is 6.36. The Balaban J connectivity index is 1.89. The van der Waals surface area contributed by atoms with E-state index in [0.717, 1.165) is 0 Å². The highest BCUT2D eigenvalue weighted by atomic mass is 35.5. The van der Waals surface area contributed by atoms with Gasteiger partial charge in [-0.3, -0.25) is 9.59 Å². The molecule has 0 aliphatic rings. The van der Waals surface area contributed by atoms with Crippen LogP contribution in [0.5, 0.6) is 23.0 Å². The highest BCUT2D eigenvalue weighted by Gasteiger charge is 2.20. The molecule has 0 aliphatic heterocycles. The van der Waals surface area contributed by atoms with Gasteiger partial charge in [0, 0.05) is 23.3 Å². The second kappa shape index (κ2) is 11.5. The highest BCUT2D eigenvalue weighted by Crippen LogP contribution is 2.39. The lowest BCUT2D eigenvalue weighted by molar-refractivity contribution is 0.101. The van der Waals surface area contributed by atoms with Gasteiger partial charge in [0.15, 0.2) is 11.5 Å². The molecule has 0 aromatic heterocycles. The van der Waals surface area contributed by atoms with Crippen molar-refractivity contribution in [3.8, 4) is 23.0 Å². The van der Waals surface area contributed by atoms with E-state index >= 15 is 0 Å². The van der Waals surface area contributed by atoms with Gasteiger partial charge in [-0.05, 0) is 38.1 Å². The largest absolute Gasteiger partial charge is 0.494 e. The molecule has 3 rings (SSSR count). The first-order valence-electron chi connectivity index (χ1n) is 10.7. The van der Waals surface area contributed by atoms with Gasteiger partial charge < -0.3 is 29.6 Å². The molecule has 8 nitrogen and oxygen atoms in total. The minimum Gasteiger partial charge on any atom is -0.494 e. The summed E-state index contributed by atoms with van der Waals surface area (Å²) in [6, 6.07) is 14.9. The van der Waals surface area contributed by atoms with Crippen molar-refractivity contribution in [2.75, 3.05) is 32.0 Å². The third-order valence-corrected chi connectivity index (χ3v) is 5.18. The third-order valence-electron chi connectivity index (χ3n) is 4.90. The number of carbonyl (C=O) groups excluding carboxylic acids is 2. The lowest BCUT2D eigenvalue weighted by Crippen LogP contribution is -2.15. The molecule has 9 heteroatoms. The van der Waals surface area contributed by atoms with Crippen LogP contribution in [-0.2, 0) is 0 Å². The molecular weight excluding hydrogens is 472 g/mol. The van der Waals surface area contributed by atoms with E-state index in [9.17, 15) is 9.59 Å². The summed E-state index contributed by atoms with van der Waals surface area (Å²) in [6.07, 6.45) is -0.126. The Morgan fingerprint density at radius 2 is 1.26 bits per heavy atom. The number of ether oxygens (including phenoxy) is 4. The molecule has 2 amide bonds. The number of methoxy groups -OCH3 is 3. The maximum absolute atomic E-state index is 13.1. The number of nitrogens with one attached hydrogen (secondary N) is 2. The fraction of sp³-hybridized carbons (Fsp3) is 0.231. The minimum atomic E-state index is -0.456. The zero-order valence-electron chi connectivity index (χ0n) is 20.1. The van der Waals surface area contributed by atoms with Crippen LogP contribution in [0.15, 0.2) is 54.6 Å². The Bertz CT molecular complexity index is 1210. The summed E-state index contributed by atoms with van der Waals surface area (Å²) < 4.78 is 22.0. The number of rotatable bonds is 9. The summed E-state index contributed by atoms with van der Waals surface area (Å²) in [5.41, 5.74) is 1.47. The van der Waals surface area contributed by atoms with Gasteiger partial charge in [0.2, 0.25) is 0 Å². The summed E-state index contributed by atoms with van der Waals surface area (Å²) in [5.74, 6) is 0.580. The molecule has 35 heavy (non-hydrogen) atoms. The average Bonchev–Trinajstić information content (AvgIpc) is 2.85. The quantitative estimate of drug-likeness (QED) is 0.395. The third kappa shape index (κ3) is 6.16. The predicted molar refractivity (Wildman–Crippen MR) is 136 cm³/mol. The van der Waals surface area contributed by atoms with E-state index in [4.69, 9.17) is 30.5 Å². The van der Waals surface area contributed by atoms with Crippen LogP contribution in [0.2, 0.25) is 5.02 Å². The van der Waals surface area contributed by atoms with E-state index in [1.807, 2.05) is 19.9 Å². The van der Waals surface area contributed by atoms with Crippen LogP contribution < -0.4 is 29.6 Å². The van der Waals surface area contributed by atoms with Crippen molar-refractivity contribution in [2.45, 2.75) is 20.0 Å². The molecule has 0 aliphatic carbocycles. The lowest BCUT2D eigenvalue weighted by Gasteiger charge is -2.18. The van der Waals surface area contributed by atoms with Crippen molar-refractivity contribution in [3.05, 3.63) is 70.7 Å². The summed E-state index contributed by atoms with van der Waals surface area (Å²) in [4.78, 5) is 25.7. The molecule has 0 fully saturated rings. The number of halogens is 1. The molecule has 3 aromatic rings. The van der Waals surface area contributed by atoms with Crippen LogP contribution in [-0.4, -0.2) is 39.2 Å². The van der Waals surface area contributed by atoms with Crippen molar-refractivity contribution >= 4 is 34.8 Å². The van der Waals surface area contributed by atoms with Crippen molar-refractivity contribution < 1.29 is 28.5 Å². The summed E-state index contributed by atoms with van der Waals surface area (Å²) in [7, 11) is 4.39. The zero-order chi connectivity index (χ0) is 25.5. The first kappa shape index (κ1) is 25.7. The topological polar surface area (TPSA) is 95.1 Å². The Labute approximate surface area is 209 Å². The smallest absolute Gasteiger partial charge is 0.255 e. The van der Waals surface area contributed by atoms with Crippen LogP contribution in [0.1, 0.15) is 34.6 Å². The number of amides is 2. The second-order valence-corrected chi connectivity index (χ2v) is 8.09. The van der Waals surface area contributed by atoms with Gasteiger partial charge in [-0.25, -0.2) is 0 Å². The Morgan fingerprint density at radius 3 is 1.74 bits per heavy atom. The fourth-order valence-electron chi connectivity index (χ4n) is 3.27. The first-order chi connectivity index (χ1) is 16.8. The normalized spacial score (nSPS) is 10.5. The van der Waals surface area contributed by atoms with E-state index in [1.165, 1.54) is 33.5 Å². The molecule has 0 unspecified atom stereocenters. The van der Waals surface area contributed by atoms with Crippen LogP contribution >= 0.6 is 11.6 Å². The molecule has 0 saturated carbocycles. The van der Waals surface area contributed by atoms with Gasteiger partial charge >= 0.3 is 0 Å². The van der Waals surface area contributed by atoms with Crippen LogP contribution in [0.4, 0.5) is 11.4 Å². The molecule has 0 atom stereocenters. The van der Waals surface area contributed by atoms with Gasteiger partial charge in [0.05, 0.1) is 43.8 Å². The standard InChI is InChI=1S/C26H27ClN2O6/c1-15(2)35-24-18(27)11-17(12-23(24)34-5)26(31)29-20-14-21(32-3)19(13-22(20)33-4)28-25(30)16-9-7-6-8-10-16/h6-15H,1-5H3,(H,28,30)(H,29,31). The first-order valence-corrected chi connectivity index (χ1v) is 11.1. The van der Waals surface area contributed by atoms with E-state index in [0.29, 0.717) is 39.9 Å². The van der Waals surface area contributed by atoms with Gasteiger partial charge in [-0.15, -0.1) is 0 Å². The SMILES string of the molecule is COc1cc(NC(=O)c2cc(Cl)c(OC(C)C)c(OC)c2)c(OC)cc1NC(=O)c1ccccc1. The van der Waals surface area contributed by atoms with Crippen LogP contribution in [0.25, 0.3) is 0 Å². The van der Waals surface area contributed by atoms with Crippen LogP contribution in [0.3, 0.4) is 0 Å². The van der Waals surface area contributed by atoms with E-state index < -0.39 is 5.91 Å². The van der Waals surface area contributed by atoms with Gasteiger partial charge in [0.25, 0.3) is 11.8 Å². The zero-order valence-corrected chi connectivity index (χ0v) is 20.9. The molecule has 0 heterocycles. The summed E-state index contributed by atoms with van der Waals surface area (Å²) in [6.45, 7) is 3.73. The Hall–Kier alpha value is -3.91. The summed E-state index contributed by atoms with van der Waals surface area (Å²) in [5, 5.41) is 5.84. The number of hydrogen-bond donors (Lipinski definition) is 2. The molecule has 0 saturated heterocycles. The van der Waals surface area contributed by atoms with Gasteiger partial charge in [-0.1, -0.05) is 29.8 Å². The number of carbonyl (C=O) groups is 2. The number of hydrogen-bond acceptors (Lipinski definition) is 6. The lowest BCUT2D eigenvalue weighted by atomic mass is 10.1. The maximum atomic E-state index is 13.1. The Kier molecular flexibility index (Phi) is 8.43. The van der Waals surface area contributed by atoms with Crippen LogP contribution in [0, 0.1) is 0 Å². The van der Waals surface area contributed by atoms with Crippen molar-refractivity contribution in [1.29, 1.82) is 0 Å². The molecule has 0 radical (unpaired) electrons. The maximum Gasteiger partial charge on any atom is 0.255 e. The predicted octanol–water partition coefficient (Wildman–Crippen LogP) is 5.66. The number of anilines is 2. The minimum absolute atomic E-state index is 0.126. The average molecular weight is 499 g/mol. The molecule has 0 spiro atoms. The molecule has 3 aromatic carbocycles.